The molecule has 1 rings (SSSR count). The van der Waals surface area contributed by atoms with Gasteiger partial charge in [0.1, 0.15) is 6.04 Å². The Morgan fingerprint density at radius 2 is 2.24 bits per heavy atom. The van der Waals surface area contributed by atoms with Gasteiger partial charge in [-0.3, -0.25) is 15.1 Å². The summed E-state index contributed by atoms with van der Waals surface area (Å²) >= 11 is 3.30. The molecule has 0 aliphatic carbocycles. The summed E-state index contributed by atoms with van der Waals surface area (Å²) in [4.78, 5) is 15.2. The number of aliphatic carboxylic acids is 1. The van der Waals surface area contributed by atoms with Gasteiger partial charge in [-0.25, -0.2) is 0 Å². The minimum absolute atomic E-state index is 0.349. The molecule has 1 aromatic heterocycles. The number of carboxylic acid groups (broad SMARTS) is 1. The summed E-state index contributed by atoms with van der Waals surface area (Å²) in [5, 5.41) is 12.1. The predicted molar refractivity (Wildman–Crippen MR) is 69.7 cm³/mol. The Morgan fingerprint density at radius 1 is 1.53 bits per heavy atom. The largest absolute Gasteiger partial charge is 0.480 e. The van der Waals surface area contributed by atoms with Crippen LogP contribution in [0.1, 0.15) is 26.0 Å². The number of pyridine rings is 1. The highest BCUT2D eigenvalue weighted by atomic mass is 79.9. The molecule has 1 unspecified atom stereocenters. The van der Waals surface area contributed by atoms with Gasteiger partial charge in [0.25, 0.3) is 0 Å². The number of nitrogens with one attached hydrogen (secondary N) is 1. The van der Waals surface area contributed by atoms with Crippen LogP contribution in [0, 0.1) is 5.92 Å². The molecule has 4 nitrogen and oxygen atoms in total. The predicted octanol–water partition coefficient (Wildman–Crippen LogP) is 2.43. The second kappa shape index (κ2) is 6.71. The van der Waals surface area contributed by atoms with Crippen LogP contribution in [-0.4, -0.2) is 22.1 Å². The highest BCUT2D eigenvalue weighted by Gasteiger charge is 2.17. The molecule has 94 valence electrons. The molecule has 2 N–H and O–H groups in total. The first-order valence-corrected chi connectivity index (χ1v) is 6.35. The van der Waals surface area contributed by atoms with E-state index >= 15 is 0 Å². The molecule has 0 amide bonds. The summed E-state index contributed by atoms with van der Waals surface area (Å²) < 4.78 is 0.915. The first kappa shape index (κ1) is 14.1. The fourth-order valence-corrected chi connectivity index (χ4v) is 1.72. The van der Waals surface area contributed by atoms with Crippen LogP contribution in [0.25, 0.3) is 0 Å². The van der Waals surface area contributed by atoms with Crippen LogP contribution < -0.4 is 5.32 Å². The first-order chi connectivity index (χ1) is 7.99. The monoisotopic (exact) mass is 300 g/mol. The summed E-state index contributed by atoms with van der Waals surface area (Å²) in [6.07, 6.45) is 2.32. The van der Waals surface area contributed by atoms with E-state index in [9.17, 15) is 4.79 Å². The van der Waals surface area contributed by atoms with Crippen LogP contribution in [0.15, 0.2) is 22.8 Å². The number of carboxylic acids is 1. The molecule has 0 saturated carbocycles. The zero-order chi connectivity index (χ0) is 12.8. The van der Waals surface area contributed by atoms with Crippen LogP contribution in [-0.2, 0) is 11.3 Å². The zero-order valence-corrected chi connectivity index (χ0v) is 11.6. The van der Waals surface area contributed by atoms with Crippen molar-refractivity contribution in [1.82, 2.24) is 10.3 Å². The Balaban J connectivity index is 2.51. The van der Waals surface area contributed by atoms with Crippen LogP contribution in [0.2, 0.25) is 0 Å². The summed E-state index contributed by atoms with van der Waals surface area (Å²) in [5.41, 5.74) is 0.836. The van der Waals surface area contributed by atoms with Gasteiger partial charge in [0.05, 0.1) is 5.69 Å². The fraction of sp³-hybridized carbons (Fsp3) is 0.500. The Hall–Kier alpha value is -0.940. The smallest absolute Gasteiger partial charge is 0.320 e. The second-order valence-electron chi connectivity index (χ2n) is 4.37. The summed E-state index contributed by atoms with van der Waals surface area (Å²) in [7, 11) is 0. The lowest BCUT2D eigenvalue weighted by Crippen LogP contribution is -2.37. The molecular weight excluding hydrogens is 284 g/mol. The highest BCUT2D eigenvalue weighted by molar-refractivity contribution is 9.10. The lowest BCUT2D eigenvalue weighted by atomic mass is 10.0. The summed E-state index contributed by atoms with van der Waals surface area (Å²) in [5.74, 6) is -0.461. The van der Waals surface area contributed by atoms with E-state index < -0.39 is 12.0 Å². The number of hydrogen-bond donors (Lipinski definition) is 2. The molecule has 0 aromatic carbocycles. The van der Waals surface area contributed by atoms with E-state index in [-0.39, 0.29) is 0 Å². The minimum atomic E-state index is -0.809. The van der Waals surface area contributed by atoms with Gasteiger partial charge in [-0.1, -0.05) is 13.8 Å². The molecule has 5 heteroatoms. The van der Waals surface area contributed by atoms with E-state index in [1.807, 2.05) is 26.0 Å². The molecule has 1 heterocycles. The topological polar surface area (TPSA) is 62.2 Å². The third-order valence-electron chi connectivity index (χ3n) is 2.32. The van der Waals surface area contributed by atoms with E-state index in [4.69, 9.17) is 5.11 Å². The van der Waals surface area contributed by atoms with Crippen molar-refractivity contribution in [3.8, 4) is 0 Å². The van der Waals surface area contributed by atoms with Crippen molar-refractivity contribution in [2.24, 2.45) is 5.92 Å². The van der Waals surface area contributed by atoms with Gasteiger partial charge in [0.2, 0.25) is 0 Å². The van der Waals surface area contributed by atoms with Gasteiger partial charge in [-0.15, -0.1) is 0 Å². The molecule has 17 heavy (non-hydrogen) atoms. The van der Waals surface area contributed by atoms with Crippen molar-refractivity contribution >= 4 is 21.9 Å². The Kier molecular flexibility index (Phi) is 5.58. The molecule has 0 spiro atoms. The number of rotatable bonds is 6. The summed E-state index contributed by atoms with van der Waals surface area (Å²) in [6.45, 7) is 4.49. The van der Waals surface area contributed by atoms with Gasteiger partial charge < -0.3 is 5.11 Å². The van der Waals surface area contributed by atoms with Crippen LogP contribution in [0.3, 0.4) is 0 Å². The van der Waals surface area contributed by atoms with Crippen LogP contribution >= 0.6 is 15.9 Å². The lowest BCUT2D eigenvalue weighted by Gasteiger charge is -2.16. The number of hydrogen-bond acceptors (Lipinski definition) is 3. The van der Waals surface area contributed by atoms with E-state index in [0.29, 0.717) is 18.9 Å². The van der Waals surface area contributed by atoms with Gasteiger partial charge >= 0.3 is 5.97 Å². The van der Waals surface area contributed by atoms with Gasteiger partial charge in [0.15, 0.2) is 0 Å². The van der Waals surface area contributed by atoms with Crippen LogP contribution in [0.5, 0.6) is 0 Å². The first-order valence-electron chi connectivity index (χ1n) is 5.55. The van der Waals surface area contributed by atoms with Crippen molar-refractivity contribution in [2.45, 2.75) is 32.9 Å². The third kappa shape index (κ3) is 5.28. The quantitative estimate of drug-likeness (QED) is 0.847. The highest BCUT2D eigenvalue weighted by Crippen LogP contribution is 2.09. The molecule has 1 aromatic rings. The Morgan fingerprint density at radius 3 is 2.71 bits per heavy atom. The molecule has 0 saturated heterocycles. The summed E-state index contributed by atoms with van der Waals surface area (Å²) in [6, 6.07) is 3.24. The van der Waals surface area contributed by atoms with Crippen molar-refractivity contribution in [3.63, 3.8) is 0 Å². The third-order valence-corrected chi connectivity index (χ3v) is 2.79. The van der Waals surface area contributed by atoms with E-state index in [0.717, 1.165) is 10.2 Å². The fourth-order valence-electron chi connectivity index (χ4n) is 1.48. The average Bonchev–Trinajstić information content (AvgIpc) is 2.25. The number of halogens is 1. The van der Waals surface area contributed by atoms with E-state index in [1.165, 1.54) is 0 Å². The molecule has 0 aliphatic rings. The molecule has 0 fully saturated rings. The molecule has 0 radical (unpaired) electrons. The van der Waals surface area contributed by atoms with Gasteiger partial charge in [0, 0.05) is 17.2 Å². The SMILES string of the molecule is CC(C)CC(NCc1ccc(Br)cn1)C(=O)O. The van der Waals surface area contributed by atoms with Crippen molar-refractivity contribution in [2.75, 3.05) is 0 Å². The maximum atomic E-state index is 11.0. The maximum Gasteiger partial charge on any atom is 0.320 e. The Bertz CT molecular complexity index is 365. The molecule has 0 aliphatic heterocycles. The zero-order valence-electron chi connectivity index (χ0n) is 9.98. The molecule has 0 bridgehead atoms. The van der Waals surface area contributed by atoms with E-state index in [2.05, 4.69) is 26.2 Å². The normalized spacial score (nSPS) is 12.7. The average molecular weight is 301 g/mol. The van der Waals surface area contributed by atoms with Gasteiger partial charge in [-0.05, 0) is 40.4 Å². The molecule has 1 atom stereocenters. The Labute approximate surface area is 110 Å². The van der Waals surface area contributed by atoms with E-state index in [1.54, 1.807) is 6.20 Å². The van der Waals surface area contributed by atoms with Crippen LogP contribution in [0.4, 0.5) is 0 Å². The van der Waals surface area contributed by atoms with Crippen molar-refractivity contribution < 1.29 is 9.90 Å². The number of aromatic nitrogens is 1. The van der Waals surface area contributed by atoms with Gasteiger partial charge in [-0.2, -0.15) is 0 Å². The second-order valence-corrected chi connectivity index (χ2v) is 5.28. The van der Waals surface area contributed by atoms with Crippen molar-refractivity contribution in [3.05, 3.63) is 28.5 Å². The maximum absolute atomic E-state index is 11.0. The standard InChI is InChI=1S/C12H17BrN2O2/c1-8(2)5-11(12(16)17)15-7-10-4-3-9(13)6-14-10/h3-4,6,8,11,15H,5,7H2,1-2H3,(H,16,17). The lowest BCUT2D eigenvalue weighted by molar-refractivity contribution is -0.140. The molecular formula is C12H17BrN2O2. The number of carbonyl (C=O) groups is 1. The van der Waals surface area contributed by atoms with Crippen molar-refractivity contribution in [1.29, 1.82) is 0 Å². The minimum Gasteiger partial charge on any atom is -0.480 e. The number of nitrogens with zero attached hydrogens (tertiary/aromatic N) is 1.